The Morgan fingerprint density at radius 1 is 1.53 bits per heavy atom. The number of hydrogen-bond donors (Lipinski definition) is 2. The molecule has 0 spiro atoms. The van der Waals surface area contributed by atoms with E-state index in [1.54, 1.807) is 11.0 Å². The highest BCUT2D eigenvalue weighted by molar-refractivity contribution is 5.83. The van der Waals surface area contributed by atoms with Gasteiger partial charge in [-0.15, -0.1) is 0 Å². The van der Waals surface area contributed by atoms with E-state index in [0.29, 0.717) is 18.8 Å². The van der Waals surface area contributed by atoms with Gasteiger partial charge in [0.05, 0.1) is 12.5 Å². The van der Waals surface area contributed by atoms with Gasteiger partial charge in [0.15, 0.2) is 0 Å². The molecule has 3 N–H and O–H groups in total. The van der Waals surface area contributed by atoms with Gasteiger partial charge >= 0.3 is 0 Å². The number of benzene rings is 1. The van der Waals surface area contributed by atoms with Crippen LogP contribution in [0.4, 0.5) is 5.69 Å². The average Bonchev–Trinajstić information content (AvgIpc) is 2.34. The summed E-state index contributed by atoms with van der Waals surface area (Å²) in [6, 6.07) is 7.35. The van der Waals surface area contributed by atoms with Crippen molar-refractivity contribution in [1.82, 2.24) is 4.90 Å². The molecule has 0 heterocycles. The summed E-state index contributed by atoms with van der Waals surface area (Å²) in [6.07, 6.45) is 0. The fraction of sp³-hybridized carbons (Fsp3) is 0.462. The van der Waals surface area contributed by atoms with Crippen molar-refractivity contribution in [2.75, 3.05) is 25.4 Å². The third-order valence-electron chi connectivity index (χ3n) is 2.84. The third-order valence-corrected chi connectivity index (χ3v) is 2.84. The Morgan fingerprint density at radius 3 is 2.76 bits per heavy atom. The van der Waals surface area contributed by atoms with Crippen molar-refractivity contribution >= 4 is 11.6 Å². The summed E-state index contributed by atoms with van der Waals surface area (Å²) < 4.78 is 0. The van der Waals surface area contributed by atoms with Gasteiger partial charge in [-0.05, 0) is 31.5 Å². The van der Waals surface area contributed by atoms with Crippen molar-refractivity contribution in [2.24, 2.45) is 0 Å². The van der Waals surface area contributed by atoms with Crippen molar-refractivity contribution in [3.05, 3.63) is 29.8 Å². The highest BCUT2D eigenvalue weighted by Crippen LogP contribution is 2.19. The lowest BCUT2D eigenvalue weighted by atomic mass is 9.99. The molecule has 0 bridgehead atoms. The molecule has 0 radical (unpaired) electrons. The van der Waals surface area contributed by atoms with Gasteiger partial charge in [0.25, 0.3) is 0 Å². The first-order valence-electron chi connectivity index (χ1n) is 5.85. The van der Waals surface area contributed by atoms with Crippen LogP contribution in [0.1, 0.15) is 25.3 Å². The Labute approximate surface area is 102 Å². The minimum Gasteiger partial charge on any atom is -0.399 e. The first kappa shape index (κ1) is 13.5. The highest BCUT2D eigenvalue weighted by atomic mass is 16.3. The minimum atomic E-state index is -0.231. The van der Waals surface area contributed by atoms with Crippen LogP contribution in [-0.4, -0.2) is 35.6 Å². The van der Waals surface area contributed by atoms with Gasteiger partial charge < -0.3 is 15.7 Å². The van der Waals surface area contributed by atoms with E-state index in [9.17, 15) is 4.79 Å². The number of anilines is 1. The number of nitrogens with zero attached hydrogens (tertiary/aromatic N) is 1. The van der Waals surface area contributed by atoms with Crippen molar-refractivity contribution in [3.8, 4) is 0 Å². The Kier molecular flexibility index (Phi) is 4.97. The van der Waals surface area contributed by atoms with Crippen LogP contribution in [-0.2, 0) is 4.79 Å². The molecule has 1 amide bonds. The summed E-state index contributed by atoms with van der Waals surface area (Å²) in [4.78, 5) is 13.8. The van der Waals surface area contributed by atoms with Crippen molar-refractivity contribution in [2.45, 2.75) is 19.8 Å². The molecular formula is C13H20N2O2. The maximum absolute atomic E-state index is 12.1. The quantitative estimate of drug-likeness (QED) is 0.755. The second-order valence-corrected chi connectivity index (χ2v) is 4.03. The number of amides is 1. The third kappa shape index (κ3) is 3.46. The number of nitrogen functional groups attached to an aromatic ring is 1. The maximum Gasteiger partial charge on any atom is 0.229 e. The monoisotopic (exact) mass is 236 g/mol. The zero-order valence-electron chi connectivity index (χ0n) is 10.4. The summed E-state index contributed by atoms with van der Waals surface area (Å²) in [6.45, 7) is 4.73. The Hall–Kier alpha value is -1.55. The molecule has 0 aliphatic carbocycles. The van der Waals surface area contributed by atoms with Crippen molar-refractivity contribution in [1.29, 1.82) is 0 Å². The number of carbonyl (C=O) groups excluding carboxylic acids is 1. The molecule has 0 aromatic heterocycles. The first-order chi connectivity index (χ1) is 8.10. The second kappa shape index (κ2) is 6.25. The lowest BCUT2D eigenvalue weighted by Gasteiger charge is -2.23. The van der Waals surface area contributed by atoms with Gasteiger partial charge in [0, 0.05) is 18.8 Å². The Morgan fingerprint density at radius 2 is 2.24 bits per heavy atom. The minimum absolute atomic E-state index is 0.0107. The number of likely N-dealkylation sites (N-methyl/N-ethyl adjacent to an activating group) is 1. The smallest absolute Gasteiger partial charge is 0.229 e. The fourth-order valence-electron chi connectivity index (χ4n) is 1.79. The van der Waals surface area contributed by atoms with Gasteiger partial charge in [-0.1, -0.05) is 12.1 Å². The molecule has 17 heavy (non-hydrogen) atoms. The molecule has 0 fully saturated rings. The molecular weight excluding hydrogens is 216 g/mol. The van der Waals surface area contributed by atoms with Gasteiger partial charge in [-0.25, -0.2) is 0 Å². The van der Waals surface area contributed by atoms with E-state index in [2.05, 4.69) is 0 Å². The van der Waals surface area contributed by atoms with Crippen LogP contribution in [0.3, 0.4) is 0 Å². The van der Waals surface area contributed by atoms with Gasteiger partial charge in [-0.3, -0.25) is 4.79 Å². The van der Waals surface area contributed by atoms with Crippen LogP contribution in [0.25, 0.3) is 0 Å². The molecule has 0 saturated carbocycles. The normalized spacial score (nSPS) is 12.2. The lowest BCUT2D eigenvalue weighted by Crippen LogP contribution is -2.36. The topological polar surface area (TPSA) is 66.6 Å². The zero-order valence-corrected chi connectivity index (χ0v) is 10.4. The van der Waals surface area contributed by atoms with Crippen LogP contribution >= 0.6 is 0 Å². The molecule has 1 rings (SSSR count). The number of aliphatic hydroxyl groups is 1. The van der Waals surface area contributed by atoms with E-state index < -0.39 is 0 Å². The van der Waals surface area contributed by atoms with Crippen molar-refractivity contribution < 1.29 is 9.90 Å². The second-order valence-electron chi connectivity index (χ2n) is 4.03. The predicted octanol–water partition coefficient (Wildman–Crippen LogP) is 1.21. The molecule has 1 atom stereocenters. The van der Waals surface area contributed by atoms with Crippen LogP contribution in [0, 0.1) is 0 Å². The van der Waals surface area contributed by atoms with E-state index in [4.69, 9.17) is 10.8 Å². The molecule has 0 saturated heterocycles. The molecule has 1 aromatic carbocycles. The van der Waals surface area contributed by atoms with E-state index in [1.165, 1.54) is 0 Å². The molecule has 1 aromatic rings. The summed E-state index contributed by atoms with van der Waals surface area (Å²) in [5, 5.41) is 8.90. The summed E-state index contributed by atoms with van der Waals surface area (Å²) in [7, 11) is 0. The molecule has 94 valence electrons. The largest absolute Gasteiger partial charge is 0.399 e. The van der Waals surface area contributed by atoms with Gasteiger partial charge in [0.2, 0.25) is 5.91 Å². The van der Waals surface area contributed by atoms with Gasteiger partial charge in [0.1, 0.15) is 0 Å². The number of hydrogen-bond acceptors (Lipinski definition) is 3. The van der Waals surface area contributed by atoms with Crippen LogP contribution in [0.2, 0.25) is 0 Å². The molecule has 0 aliphatic heterocycles. The highest BCUT2D eigenvalue weighted by Gasteiger charge is 2.20. The number of carbonyl (C=O) groups is 1. The van der Waals surface area contributed by atoms with Gasteiger partial charge in [-0.2, -0.15) is 0 Å². The number of rotatable bonds is 5. The van der Waals surface area contributed by atoms with Crippen molar-refractivity contribution in [3.63, 3.8) is 0 Å². The predicted molar refractivity (Wildman–Crippen MR) is 68.6 cm³/mol. The standard InChI is InChI=1S/C13H20N2O2/c1-3-15(7-8-16)13(17)10(2)11-5-4-6-12(14)9-11/h4-6,9-10,16H,3,7-8,14H2,1-2H3. The van der Waals surface area contributed by atoms with Crippen LogP contribution in [0.15, 0.2) is 24.3 Å². The lowest BCUT2D eigenvalue weighted by molar-refractivity contribution is -0.132. The summed E-state index contributed by atoms with van der Waals surface area (Å²) in [5.41, 5.74) is 7.27. The SMILES string of the molecule is CCN(CCO)C(=O)C(C)c1cccc(N)c1. The van der Waals surface area contributed by atoms with Crippen LogP contribution < -0.4 is 5.73 Å². The van der Waals surface area contributed by atoms with E-state index in [0.717, 1.165) is 5.56 Å². The maximum atomic E-state index is 12.1. The molecule has 1 unspecified atom stereocenters. The molecule has 0 aliphatic rings. The molecule has 4 nitrogen and oxygen atoms in total. The Balaban J connectivity index is 2.81. The summed E-state index contributed by atoms with van der Waals surface area (Å²) >= 11 is 0. The first-order valence-corrected chi connectivity index (χ1v) is 5.85. The van der Waals surface area contributed by atoms with E-state index >= 15 is 0 Å². The zero-order chi connectivity index (χ0) is 12.8. The fourth-order valence-corrected chi connectivity index (χ4v) is 1.79. The summed E-state index contributed by atoms with van der Waals surface area (Å²) in [5.74, 6) is -0.211. The molecule has 4 heteroatoms. The van der Waals surface area contributed by atoms with E-state index in [1.807, 2.05) is 32.0 Å². The number of nitrogens with two attached hydrogens (primary N) is 1. The van der Waals surface area contributed by atoms with Crippen LogP contribution in [0.5, 0.6) is 0 Å². The number of aliphatic hydroxyl groups excluding tert-OH is 1. The van der Waals surface area contributed by atoms with E-state index in [-0.39, 0.29) is 18.4 Å². The average molecular weight is 236 g/mol. The Bertz CT molecular complexity index is 379.